The molecular formula is C13H14N2O6. The van der Waals surface area contributed by atoms with Crippen molar-refractivity contribution in [3.63, 3.8) is 0 Å². The fourth-order valence-electron chi connectivity index (χ4n) is 2.30. The summed E-state index contributed by atoms with van der Waals surface area (Å²) in [5, 5.41) is 19.7. The Labute approximate surface area is 120 Å². The highest BCUT2D eigenvalue weighted by Crippen LogP contribution is 2.28. The number of amides is 1. The van der Waals surface area contributed by atoms with Crippen molar-refractivity contribution in [1.29, 1.82) is 0 Å². The van der Waals surface area contributed by atoms with Crippen molar-refractivity contribution < 1.29 is 24.4 Å². The zero-order valence-corrected chi connectivity index (χ0v) is 11.3. The lowest BCUT2D eigenvalue weighted by Gasteiger charge is -2.17. The number of likely N-dealkylation sites (tertiary alicyclic amines) is 1. The topological polar surface area (TPSA) is 110 Å². The van der Waals surface area contributed by atoms with Gasteiger partial charge in [-0.1, -0.05) is 0 Å². The van der Waals surface area contributed by atoms with Crippen LogP contribution in [0.4, 0.5) is 5.69 Å². The van der Waals surface area contributed by atoms with Gasteiger partial charge in [0, 0.05) is 37.2 Å². The van der Waals surface area contributed by atoms with E-state index < -0.39 is 16.8 Å². The number of benzene rings is 1. The molecule has 0 bridgehead atoms. The van der Waals surface area contributed by atoms with E-state index in [4.69, 9.17) is 9.84 Å². The van der Waals surface area contributed by atoms with Crippen molar-refractivity contribution >= 4 is 17.6 Å². The van der Waals surface area contributed by atoms with Crippen LogP contribution >= 0.6 is 0 Å². The maximum Gasteiger partial charge on any atom is 0.308 e. The molecule has 0 spiro atoms. The van der Waals surface area contributed by atoms with Gasteiger partial charge < -0.3 is 14.7 Å². The average molecular weight is 294 g/mol. The second-order valence-corrected chi connectivity index (χ2v) is 4.77. The number of aliphatic carboxylic acids is 1. The molecule has 0 saturated carbocycles. The van der Waals surface area contributed by atoms with E-state index in [-0.39, 0.29) is 31.1 Å². The Kier molecular flexibility index (Phi) is 4.06. The van der Waals surface area contributed by atoms with Crippen LogP contribution in [0.25, 0.3) is 0 Å². The fraction of sp³-hybridized carbons (Fsp3) is 0.385. The van der Waals surface area contributed by atoms with E-state index in [1.165, 1.54) is 30.2 Å². The molecule has 1 aromatic rings. The van der Waals surface area contributed by atoms with Gasteiger partial charge in [-0.25, -0.2) is 0 Å². The molecule has 1 aromatic carbocycles. The molecule has 1 saturated heterocycles. The first-order chi connectivity index (χ1) is 9.92. The molecule has 1 amide bonds. The number of ether oxygens (including phenoxy) is 1. The molecule has 1 heterocycles. The Morgan fingerprint density at radius 3 is 2.81 bits per heavy atom. The van der Waals surface area contributed by atoms with Gasteiger partial charge in [-0.3, -0.25) is 19.7 Å². The molecule has 8 heteroatoms. The second-order valence-electron chi connectivity index (χ2n) is 4.77. The predicted molar refractivity (Wildman–Crippen MR) is 70.8 cm³/mol. The zero-order chi connectivity index (χ0) is 15.6. The molecule has 1 aliphatic rings. The molecule has 0 aromatic heterocycles. The zero-order valence-electron chi connectivity index (χ0n) is 11.3. The summed E-state index contributed by atoms with van der Waals surface area (Å²) in [6.07, 6.45) is -0.0490. The number of nitrogens with zero attached hydrogens (tertiary/aromatic N) is 2. The summed E-state index contributed by atoms with van der Waals surface area (Å²) in [7, 11) is 1.43. The number of carboxylic acid groups (broad SMARTS) is 1. The Balaban J connectivity index is 2.22. The van der Waals surface area contributed by atoms with Crippen LogP contribution in [0.3, 0.4) is 0 Å². The van der Waals surface area contributed by atoms with Crippen LogP contribution in [0.1, 0.15) is 12.0 Å². The van der Waals surface area contributed by atoms with Crippen LogP contribution in [0, 0.1) is 16.0 Å². The number of non-ortho nitro benzene ring substituents is 1. The SMILES string of the molecule is COc1ccc([N+](=O)[O-])cc1CN1CC(C(=O)O)CC1=O. The Bertz CT molecular complexity index is 600. The maximum atomic E-state index is 11.8. The third-order valence-electron chi connectivity index (χ3n) is 3.40. The summed E-state index contributed by atoms with van der Waals surface area (Å²) in [6.45, 7) is 0.188. The van der Waals surface area contributed by atoms with Crippen LogP contribution in [-0.4, -0.2) is 40.5 Å². The van der Waals surface area contributed by atoms with Gasteiger partial charge >= 0.3 is 5.97 Å². The maximum absolute atomic E-state index is 11.8. The third kappa shape index (κ3) is 3.10. The van der Waals surface area contributed by atoms with Crippen LogP contribution in [0.15, 0.2) is 18.2 Å². The van der Waals surface area contributed by atoms with E-state index in [1.807, 2.05) is 0 Å². The molecule has 1 unspecified atom stereocenters. The third-order valence-corrected chi connectivity index (χ3v) is 3.40. The van der Waals surface area contributed by atoms with Gasteiger partial charge in [0.1, 0.15) is 5.75 Å². The van der Waals surface area contributed by atoms with Crippen molar-refractivity contribution in [1.82, 2.24) is 4.90 Å². The van der Waals surface area contributed by atoms with E-state index in [2.05, 4.69) is 0 Å². The normalized spacial score (nSPS) is 17.9. The standard InChI is InChI=1S/C13H14N2O6/c1-21-11-3-2-10(15(19)20)4-8(11)6-14-7-9(13(17)18)5-12(14)16/h2-4,9H,5-7H2,1H3,(H,17,18). The summed E-state index contributed by atoms with van der Waals surface area (Å²) >= 11 is 0. The van der Waals surface area contributed by atoms with Gasteiger partial charge in [-0.2, -0.15) is 0 Å². The molecule has 2 rings (SSSR count). The first-order valence-corrected chi connectivity index (χ1v) is 6.24. The lowest BCUT2D eigenvalue weighted by molar-refractivity contribution is -0.385. The second kappa shape index (κ2) is 5.78. The molecule has 112 valence electrons. The molecule has 1 fully saturated rings. The molecule has 1 aliphatic heterocycles. The fourth-order valence-corrected chi connectivity index (χ4v) is 2.30. The Hall–Kier alpha value is -2.64. The average Bonchev–Trinajstić information content (AvgIpc) is 2.80. The molecule has 0 radical (unpaired) electrons. The number of carboxylic acids is 1. The molecule has 1 atom stereocenters. The van der Waals surface area contributed by atoms with Gasteiger partial charge in [-0.05, 0) is 6.07 Å². The first kappa shape index (κ1) is 14.8. The molecule has 0 aliphatic carbocycles. The number of rotatable bonds is 5. The highest BCUT2D eigenvalue weighted by atomic mass is 16.6. The molecule has 21 heavy (non-hydrogen) atoms. The van der Waals surface area contributed by atoms with Crippen molar-refractivity contribution in [2.45, 2.75) is 13.0 Å². The quantitative estimate of drug-likeness (QED) is 0.641. The van der Waals surface area contributed by atoms with Crippen molar-refractivity contribution in [2.24, 2.45) is 5.92 Å². The Morgan fingerprint density at radius 2 is 2.29 bits per heavy atom. The number of hydrogen-bond acceptors (Lipinski definition) is 5. The minimum atomic E-state index is -1.02. The van der Waals surface area contributed by atoms with Gasteiger partial charge in [-0.15, -0.1) is 0 Å². The van der Waals surface area contributed by atoms with Crippen LogP contribution in [0.5, 0.6) is 5.75 Å². The first-order valence-electron chi connectivity index (χ1n) is 6.24. The van der Waals surface area contributed by atoms with Crippen LogP contribution in [-0.2, 0) is 16.1 Å². The molecule has 1 N–H and O–H groups in total. The van der Waals surface area contributed by atoms with Crippen molar-refractivity contribution in [3.8, 4) is 5.75 Å². The largest absolute Gasteiger partial charge is 0.496 e. The molecule has 8 nitrogen and oxygen atoms in total. The smallest absolute Gasteiger partial charge is 0.308 e. The monoisotopic (exact) mass is 294 g/mol. The number of carbonyl (C=O) groups is 2. The van der Waals surface area contributed by atoms with Gasteiger partial charge in [0.25, 0.3) is 5.69 Å². The van der Waals surface area contributed by atoms with E-state index >= 15 is 0 Å². The van der Waals surface area contributed by atoms with Crippen molar-refractivity contribution in [3.05, 3.63) is 33.9 Å². The number of nitro groups is 1. The highest BCUT2D eigenvalue weighted by Gasteiger charge is 2.34. The van der Waals surface area contributed by atoms with E-state index in [9.17, 15) is 19.7 Å². The number of methoxy groups -OCH3 is 1. The minimum Gasteiger partial charge on any atom is -0.496 e. The number of hydrogen-bond donors (Lipinski definition) is 1. The van der Waals surface area contributed by atoms with Crippen molar-refractivity contribution in [2.75, 3.05) is 13.7 Å². The predicted octanol–water partition coefficient (Wildman–Crippen LogP) is 1.04. The summed E-state index contributed by atoms with van der Waals surface area (Å²) in [5.41, 5.74) is 0.373. The lowest BCUT2D eigenvalue weighted by Crippen LogP contribution is -2.26. The van der Waals surface area contributed by atoms with Crippen LogP contribution < -0.4 is 4.74 Å². The van der Waals surface area contributed by atoms with Gasteiger partial charge in [0.2, 0.25) is 5.91 Å². The van der Waals surface area contributed by atoms with Gasteiger partial charge in [0.05, 0.1) is 18.0 Å². The number of carbonyl (C=O) groups excluding carboxylic acids is 1. The highest BCUT2D eigenvalue weighted by molar-refractivity contribution is 5.86. The number of nitro benzene ring substituents is 1. The van der Waals surface area contributed by atoms with Gasteiger partial charge in [0.15, 0.2) is 0 Å². The summed E-state index contributed by atoms with van der Waals surface area (Å²) in [6, 6.07) is 4.11. The molecular weight excluding hydrogens is 280 g/mol. The summed E-state index contributed by atoms with van der Waals surface area (Å²) < 4.78 is 5.12. The van der Waals surface area contributed by atoms with E-state index in [1.54, 1.807) is 0 Å². The van der Waals surface area contributed by atoms with Crippen LogP contribution in [0.2, 0.25) is 0 Å². The minimum absolute atomic E-state index is 0.0490. The Morgan fingerprint density at radius 1 is 1.57 bits per heavy atom. The lowest BCUT2D eigenvalue weighted by atomic mass is 10.1. The summed E-state index contributed by atoms with van der Waals surface area (Å²) in [4.78, 5) is 34.4. The summed E-state index contributed by atoms with van der Waals surface area (Å²) in [5.74, 6) is -1.61. The van der Waals surface area contributed by atoms with E-state index in [0.29, 0.717) is 11.3 Å². The van der Waals surface area contributed by atoms with E-state index in [0.717, 1.165) is 0 Å².